The molecule has 3 nitrogen and oxygen atoms in total. The van der Waals surface area contributed by atoms with Gasteiger partial charge < -0.3 is 10.4 Å². The molecule has 1 aromatic carbocycles. The summed E-state index contributed by atoms with van der Waals surface area (Å²) >= 11 is 0.462. The summed E-state index contributed by atoms with van der Waals surface area (Å²) in [6.07, 6.45) is 2.69. The van der Waals surface area contributed by atoms with Crippen LogP contribution in [0.4, 0.5) is 8.78 Å². The van der Waals surface area contributed by atoms with E-state index in [1.807, 2.05) is 0 Å². The Hall–Kier alpha value is -1.14. The van der Waals surface area contributed by atoms with Crippen molar-refractivity contribution in [3.63, 3.8) is 0 Å². The van der Waals surface area contributed by atoms with Crippen LogP contribution in [0.2, 0.25) is 0 Å². The first-order valence-electron chi connectivity index (χ1n) is 6.58. The van der Waals surface area contributed by atoms with Gasteiger partial charge in [-0.2, -0.15) is 8.78 Å². The van der Waals surface area contributed by atoms with E-state index in [4.69, 9.17) is 0 Å². The fourth-order valence-electron chi connectivity index (χ4n) is 2.28. The average molecular weight is 301 g/mol. The van der Waals surface area contributed by atoms with E-state index in [1.165, 1.54) is 12.1 Å². The molecule has 1 aromatic rings. The molecule has 0 radical (unpaired) electrons. The zero-order valence-electron chi connectivity index (χ0n) is 10.9. The van der Waals surface area contributed by atoms with Gasteiger partial charge in [-0.3, -0.25) is 4.79 Å². The van der Waals surface area contributed by atoms with Gasteiger partial charge in [-0.25, -0.2) is 0 Å². The van der Waals surface area contributed by atoms with Gasteiger partial charge in [-0.15, -0.1) is 0 Å². The van der Waals surface area contributed by atoms with Gasteiger partial charge in [-0.1, -0.05) is 11.8 Å². The molecule has 1 aliphatic rings. The van der Waals surface area contributed by atoms with Crippen LogP contribution in [0.3, 0.4) is 0 Å². The highest BCUT2D eigenvalue weighted by Gasteiger charge is 2.21. The number of rotatable bonds is 4. The minimum absolute atomic E-state index is 0.0843. The van der Waals surface area contributed by atoms with Crippen molar-refractivity contribution in [1.82, 2.24) is 5.32 Å². The summed E-state index contributed by atoms with van der Waals surface area (Å²) in [5, 5.41) is 12.3. The molecule has 1 amide bonds. The summed E-state index contributed by atoms with van der Waals surface area (Å²) in [4.78, 5) is 12.4. The SMILES string of the molecule is O=C(NC1CCC(O)CC1)c1ccc(SC(F)F)cc1. The van der Waals surface area contributed by atoms with Crippen LogP contribution in [0, 0.1) is 0 Å². The van der Waals surface area contributed by atoms with Crippen molar-refractivity contribution in [3.8, 4) is 0 Å². The highest BCUT2D eigenvalue weighted by atomic mass is 32.2. The molecular weight excluding hydrogens is 284 g/mol. The topological polar surface area (TPSA) is 49.3 Å². The summed E-state index contributed by atoms with van der Waals surface area (Å²) in [7, 11) is 0. The van der Waals surface area contributed by atoms with Crippen molar-refractivity contribution >= 4 is 17.7 Å². The molecule has 2 N–H and O–H groups in total. The number of benzene rings is 1. The number of aliphatic hydroxyl groups excluding tert-OH is 1. The van der Waals surface area contributed by atoms with E-state index < -0.39 is 5.76 Å². The number of amides is 1. The predicted octanol–water partition coefficient (Wildman–Crippen LogP) is 3.03. The van der Waals surface area contributed by atoms with E-state index in [-0.39, 0.29) is 18.1 Å². The Kier molecular flexibility index (Phi) is 5.37. The minimum atomic E-state index is -2.46. The lowest BCUT2D eigenvalue weighted by Crippen LogP contribution is -2.38. The Morgan fingerprint density at radius 2 is 1.80 bits per heavy atom. The number of thioether (sulfide) groups is 1. The number of nitrogens with one attached hydrogen (secondary N) is 1. The van der Waals surface area contributed by atoms with Crippen molar-refractivity contribution in [1.29, 1.82) is 0 Å². The second-order valence-electron chi connectivity index (χ2n) is 4.88. The molecule has 2 rings (SSSR count). The van der Waals surface area contributed by atoms with Crippen LogP contribution in [-0.4, -0.2) is 28.9 Å². The van der Waals surface area contributed by atoms with Crippen molar-refractivity contribution in [2.75, 3.05) is 0 Å². The third-order valence-electron chi connectivity index (χ3n) is 3.37. The molecule has 0 atom stereocenters. The van der Waals surface area contributed by atoms with Gasteiger partial charge in [0.1, 0.15) is 0 Å². The molecule has 6 heteroatoms. The Balaban J connectivity index is 1.89. The maximum absolute atomic E-state index is 12.2. The van der Waals surface area contributed by atoms with Crippen molar-refractivity contribution in [3.05, 3.63) is 29.8 Å². The summed E-state index contributed by atoms with van der Waals surface area (Å²) < 4.78 is 24.4. The van der Waals surface area contributed by atoms with Crippen LogP contribution in [0.1, 0.15) is 36.0 Å². The highest BCUT2D eigenvalue weighted by molar-refractivity contribution is 7.99. The maximum atomic E-state index is 12.2. The third kappa shape index (κ3) is 4.45. The van der Waals surface area contributed by atoms with Gasteiger partial charge in [0.05, 0.1) is 6.10 Å². The monoisotopic (exact) mass is 301 g/mol. The van der Waals surface area contributed by atoms with Crippen molar-refractivity contribution in [2.45, 2.75) is 48.5 Å². The lowest BCUT2D eigenvalue weighted by molar-refractivity contribution is 0.0867. The largest absolute Gasteiger partial charge is 0.393 e. The maximum Gasteiger partial charge on any atom is 0.288 e. The first-order valence-corrected chi connectivity index (χ1v) is 7.46. The van der Waals surface area contributed by atoms with Gasteiger partial charge >= 0.3 is 0 Å². The Labute approximate surface area is 120 Å². The van der Waals surface area contributed by atoms with Crippen LogP contribution in [0.25, 0.3) is 0 Å². The Morgan fingerprint density at radius 1 is 1.20 bits per heavy atom. The van der Waals surface area contributed by atoms with E-state index in [0.717, 1.165) is 12.8 Å². The molecule has 0 saturated heterocycles. The summed E-state index contributed by atoms with van der Waals surface area (Å²) in [5.74, 6) is -2.65. The number of hydrogen-bond donors (Lipinski definition) is 2. The van der Waals surface area contributed by atoms with E-state index in [1.54, 1.807) is 12.1 Å². The van der Waals surface area contributed by atoms with Gasteiger partial charge in [0.15, 0.2) is 0 Å². The third-order valence-corrected chi connectivity index (χ3v) is 4.10. The molecule has 0 bridgehead atoms. The summed E-state index contributed by atoms with van der Waals surface area (Å²) in [5.41, 5.74) is 0.467. The molecule has 0 aromatic heterocycles. The molecule has 0 spiro atoms. The molecule has 1 fully saturated rings. The number of halogens is 2. The zero-order chi connectivity index (χ0) is 14.5. The van der Waals surface area contributed by atoms with Crippen LogP contribution in [0.5, 0.6) is 0 Å². The van der Waals surface area contributed by atoms with E-state index in [2.05, 4.69) is 5.32 Å². The Morgan fingerprint density at radius 3 is 2.35 bits per heavy atom. The van der Waals surface area contributed by atoms with Gasteiger partial charge in [0, 0.05) is 16.5 Å². The number of aliphatic hydroxyl groups is 1. The average Bonchev–Trinajstić information content (AvgIpc) is 2.41. The number of carbonyl (C=O) groups excluding carboxylic acids is 1. The predicted molar refractivity (Wildman–Crippen MR) is 74.0 cm³/mol. The number of carbonyl (C=O) groups is 1. The first-order chi connectivity index (χ1) is 9.54. The second-order valence-corrected chi connectivity index (χ2v) is 5.95. The van der Waals surface area contributed by atoms with E-state index >= 15 is 0 Å². The van der Waals surface area contributed by atoms with Gasteiger partial charge in [-0.05, 0) is 49.9 Å². The standard InChI is InChI=1S/C14H17F2NO2S/c15-14(16)20-12-7-1-9(2-8-12)13(19)17-10-3-5-11(18)6-4-10/h1-2,7-8,10-11,14,18H,3-6H2,(H,17,19). The number of hydrogen-bond acceptors (Lipinski definition) is 3. The molecule has 20 heavy (non-hydrogen) atoms. The number of alkyl halides is 2. The van der Waals surface area contributed by atoms with Gasteiger partial charge in [0.25, 0.3) is 11.7 Å². The molecule has 0 heterocycles. The van der Waals surface area contributed by atoms with Crippen LogP contribution >= 0.6 is 11.8 Å². The summed E-state index contributed by atoms with van der Waals surface area (Å²) in [6.45, 7) is 0. The van der Waals surface area contributed by atoms with Crippen LogP contribution in [0.15, 0.2) is 29.2 Å². The molecule has 110 valence electrons. The normalized spacial score (nSPS) is 22.8. The smallest absolute Gasteiger partial charge is 0.288 e. The molecular formula is C14H17F2NO2S. The fourth-order valence-corrected chi connectivity index (χ4v) is 2.78. The minimum Gasteiger partial charge on any atom is -0.393 e. The molecule has 0 aliphatic heterocycles. The van der Waals surface area contributed by atoms with Crippen LogP contribution < -0.4 is 5.32 Å². The van der Waals surface area contributed by atoms with E-state index in [0.29, 0.717) is 35.1 Å². The second kappa shape index (κ2) is 7.04. The molecule has 1 aliphatic carbocycles. The lowest BCUT2D eigenvalue weighted by atomic mass is 9.93. The molecule has 0 unspecified atom stereocenters. The van der Waals surface area contributed by atoms with Crippen molar-refractivity contribution < 1.29 is 18.7 Å². The van der Waals surface area contributed by atoms with E-state index in [9.17, 15) is 18.7 Å². The summed E-state index contributed by atoms with van der Waals surface area (Å²) in [6, 6.07) is 6.24. The van der Waals surface area contributed by atoms with Crippen molar-refractivity contribution in [2.24, 2.45) is 0 Å². The van der Waals surface area contributed by atoms with Gasteiger partial charge in [0.2, 0.25) is 0 Å². The highest BCUT2D eigenvalue weighted by Crippen LogP contribution is 2.25. The Bertz CT molecular complexity index is 445. The molecule has 1 saturated carbocycles. The fraction of sp³-hybridized carbons (Fsp3) is 0.500. The lowest BCUT2D eigenvalue weighted by Gasteiger charge is -2.26. The first kappa shape index (κ1) is 15.3. The zero-order valence-corrected chi connectivity index (χ0v) is 11.7. The van der Waals surface area contributed by atoms with Crippen LogP contribution in [-0.2, 0) is 0 Å². The quantitative estimate of drug-likeness (QED) is 0.840.